The Morgan fingerprint density at radius 1 is 0.931 bits per heavy atom. The van der Waals surface area contributed by atoms with Crippen molar-refractivity contribution in [3.8, 4) is 23.0 Å². The lowest BCUT2D eigenvalue weighted by atomic mass is 9.98. The van der Waals surface area contributed by atoms with Crippen LogP contribution in [0.5, 0.6) is 0 Å². The molecule has 4 rings (SSSR count). The van der Waals surface area contributed by atoms with Gasteiger partial charge in [0.2, 0.25) is 0 Å². The third-order valence-corrected chi connectivity index (χ3v) is 4.96. The number of rotatable bonds is 4. The Morgan fingerprint density at radius 3 is 2.24 bits per heavy atom. The maximum Gasteiger partial charge on any atom is 0.407 e. The zero-order valence-corrected chi connectivity index (χ0v) is 15.8. The third-order valence-electron chi connectivity index (χ3n) is 4.96. The van der Waals surface area contributed by atoms with Gasteiger partial charge in [-0.3, -0.25) is 0 Å². The van der Waals surface area contributed by atoms with Gasteiger partial charge in [-0.25, -0.2) is 9.18 Å². The molecular formula is C25H20FNO2. The van der Waals surface area contributed by atoms with E-state index in [-0.39, 0.29) is 18.3 Å². The van der Waals surface area contributed by atoms with Crippen molar-refractivity contribution < 1.29 is 13.9 Å². The second-order valence-electron chi connectivity index (χ2n) is 6.78. The highest BCUT2D eigenvalue weighted by atomic mass is 19.1. The standard InChI is InChI=1S/C25H20FNO2/c26-24-15-6-1-9-18(24)10-7-8-16-27-25(28)29-17-23-21-13-4-2-11-19(21)20-12-3-5-14-22(20)23/h1-6,9,11-15,23H,8,16-17H2,(H,27,28). The number of hydrogen-bond donors (Lipinski definition) is 1. The van der Waals surface area contributed by atoms with E-state index >= 15 is 0 Å². The number of ether oxygens (including phenoxy) is 1. The summed E-state index contributed by atoms with van der Waals surface area (Å²) in [6.07, 6.45) is -0.0574. The molecule has 1 aliphatic carbocycles. The molecule has 0 radical (unpaired) electrons. The molecule has 0 saturated heterocycles. The van der Waals surface area contributed by atoms with Crippen LogP contribution < -0.4 is 5.32 Å². The Bertz CT molecular complexity index is 1050. The van der Waals surface area contributed by atoms with E-state index in [9.17, 15) is 9.18 Å². The monoisotopic (exact) mass is 385 g/mol. The molecule has 0 atom stereocenters. The van der Waals surface area contributed by atoms with Crippen LogP contribution in [0.2, 0.25) is 0 Å². The highest BCUT2D eigenvalue weighted by molar-refractivity contribution is 5.79. The largest absolute Gasteiger partial charge is 0.449 e. The van der Waals surface area contributed by atoms with E-state index in [1.165, 1.54) is 28.3 Å². The predicted octanol–water partition coefficient (Wildman–Crippen LogP) is 5.11. The van der Waals surface area contributed by atoms with Crippen LogP contribution in [0, 0.1) is 17.7 Å². The SMILES string of the molecule is O=C(NCCC#Cc1ccccc1F)OCC1c2ccccc2-c2ccccc21. The first kappa shape index (κ1) is 18.8. The van der Waals surface area contributed by atoms with Crippen molar-refractivity contribution in [1.29, 1.82) is 0 Å². The maximum atomic E-state index is 13.5. The predicted molar refractivity (Wildman–Crippen MR) is 111 cm³/mol. The molecule has 0 aliphatic heterocycles. The fourth-order valence-corrected chi connectivity index (χ4v) is 3.60. The smallest absolute Gasteiger partial charge is 0.407 e. The molecule has 1 aliphatic rings. The summed E-state index contributed by atoms with van der Waals surface area (Å²) in [4.78, 5) is 12.1. The number of benzene rings is 3. The molecule has 1 N–H and O–H groups in total. The Morgan fingerprint density at radius 2 is 1.55 bits per heavy atom. The van der Waals surface area contributed by atoms with Crippen molar-refractivity contribution in [2.75, 3.05) is 13.2 Å². The van der Waals surface area contributed by atoms with Crippen molar-refractivity contribution in [2.45, 2.75) is 12.3 Å². The summed E-state index contributed by atoms with van der Waals surface area (Å²) in [5.41, 5.74) is 5.10. The van der Waals surface area contributed by atoms with Crippen molar-refractivity contribution in [3.63, 3.8) is 0 Å². The zero-order chi connectivity index (χ0) is 20.1. The molecule has 3 aromatic carbocycles. The molecule has 3 aromatic rings. The molecule has 0 fully saturated rings. The van der Waals surface area contributed by atoms with Gasteiger partial charge in [0.15, 0.2) is 0 Å². The second kappa shape index (κ2) is 8.62. The number of nitrogens with one attached hydrogen (secondary N) is 1. The lowest BCUT2D eigenvalue weighted by Gasteiger charge is -2.14. The van der Waals surface area contributed by atoms with Crippen LogP contribution in [-0.4, -0.2) is 19.2 Å². The van der Waals surface area contributed by atoms with Crippen LogP contribution >= 0.6 is 0 Å². The van der Waals surface area contributed by atoms with Crippen LogP contribution in [0.25, 0.3) is 11.1 Å². The molecule has 0 saturated carbocycles. The Labute approximate surface area is 169 Å². The van der Waals surface area contributed by atoms with Gasteiger partial charge < -0.3 is 10.1 Å². The fourth-order valence-electron chi connectivity index (χ4n) is 3.60. The number of amides is 1. The molecule has 29 heavy (non-hydrogen) atoms. The number of alkyl carbamates (subject to hydrolysis) is 1. The highest BCUT2D eigenvalue weighted by Crippen LogP contribution is 2.44. The quantitative estimate of drug-likeness (QED) is 0.501. The van der Waals surface area contributed by atoms with Crippen LogP contribution in [-0.2, 0) is 4.74 Å². The number of hydrogen-bond acceptors (Lipinski definition) is 2. The van der Waals surface area contributed by atoms with Gasteiger partial charge in [0.25, 0.3) is 0 Å². The molecule has 1 amide bonds. The minimum atomic E-state index is -0.473. The fraction of sp³-hybridized carbons (Fsp3) is 0.160. The minimum absolute atomic E-state index is 0.0361. The number of halogens is 1. The molecule has 0 unspecified atom stereocenters. The summed E-state index contributed by atoms with van der Waals surface area (Å²) in [6.45, 7) is 0.624. The van der Waals surface area contributed by atoms with Crippen LogP contribution in [0.15, 0.2) is 72.8 Å². The first-order chi connectivity index (χ1) is 14.2. The lowest BCUT2D eigenvalue weighted by Crippen LogP contribution is -2.26. The van der Waals surface area contributed by atoms with E-state index in [0.29, 0.717) is 18.5 Å². The number of carbonyl (C=O) groups excluding carboxylic acids is 1. The lowest BCUT2D eigenvalue weighted by molar-refractivity contribution is 0.143. The number of fused-ring (bicyclic) bond motifs is 3. The van der Waals surface area contributed by atoms with Gasteiger partial charge in [-0.15, -0.1) is 0 Å². The molecule has 0 bridgehead atoms. The molecule has 3 nitrogen and oxygen atoms in total. The summed E-state index contributed by atoms with van der Waals surface area (Å²) in [6, 6.07) is 22.8. The van der Waals surface area contributed by atoms with Gasteiger partial charge >= 0.3 is 6.09 Å². The van der Waals surface area contributed by atoms with E-state index < -0.39 is 6.09 Å². The van der Waals surface area contributed by atoms with Gasteiger partial charge in [0, 0.05) is 18.9 Å². The molecule has 0 spiro atoms. The summed E-state index contributed by atoms with van der Waals surface area (Å²) >= 11 is 0. The molecule has 4 heteroatoms. The van der Waals surface area contributed by atoms with Crippen molar-refractivity contribution in [3.05, 3.63) is 95.3 Å². The van der Waals surface area contributed by atoms with Gasteiger partial charge in [0.05, 0.1) is 5.56 Å². The first-order valence-corrected chi connectivity index (χ1v) is 9.56. The van der Waals surface area contributed by atoms with Gasteiger partial charge in [-0.05, 0) is 34.4 Å². The van der Waals surface area contributed by atoms with Gasteiger partial charge in [0.1, 0.15) is 12.4 Å². The van der Waals surface area contributed by atoms with Crippen LogP contribution in [0.3, 0.4) is 0 Å². The second-order valence-corrected chi connectivity index (χ2v) is 6.78. The Kier molecular flexibility index (Phi) is 5.58. The third kappa shape index (κ3) is 4.14. The highest BCUT2D eigenvalue weighted by Gasteiger charge is 2.28. The van der Waals surface area contributed by atoms with E-state index in [1.807, 2.05) is 24.3 Å². The summed E-state index contributed by atoms with van der Waals surface area (Å²) in [7, 11) is 0. The molecule has 0 aromatic heterocycles. The summed E-state index contributed by atoms with van der Waals surface area (Å²) in [5.74, 6) is 5.32. The molecular weight excluding hydrogens is 365 g/mol. The van der Waals surface area contributed by atoms with E-state index in [1.54, 1.807) is 18.2 Å². The normalized spacial score (nSPS) is 11.8. The average Bonchev–Trinajstić information content (AvgIpc) is 3.07. The zero-order valence-electron chi connectivity index (χ0n) is 15.8. The topological polar surface area (TPSA) is 38.3 Å². The maximum absolute atomic E-state index is 13.5. The van der Waals surface area contributed by atoms with Crippen molar-refractivity contribution >= 4 is 6.09 Å². The van der Waals surface area contributed by atoms with Gasteiger partial charge in [-0.2, -0.15) is 0 Å². The van der Waals surface area contributed by atoms with Gasteiger partial charge in [-0.1, -0.05) is 72.5 Å². The average molecular weight is 385 g/mol. The first-order valence-electron chi connectivity index (χ1n) is 9.56. The van der Waals surface area contributed by atoms with E-state index in [2.05, 4.69) is 41.4 Å². The molecule has 144 valence electrons. The Hall–Kier alpha value is -3.58. The van der Waals surface area contributed by atoms with E-state index in [0.717, 1.165) is 0 Å². The summed E-state index contributed by atoms with van der Waals surface area (Å²) < 4.78 is 19.0. The van der Waals surface area contributed by atoms with Crippen molar-refractivity contribution in [2.24, 2.45) is 0 Å². The Balaban J connectivity index is 1.30. The van der Waals surface area contributed by atoms with Crippen LogP contribution in [0.4, 0.5) is 9.18 Å². The number of carbonyl (C=O) groups is 1. The van der Waals surface area contributed by atoms with E-state index in [4.69, 9.17) is 4.74 Å². The van der Waals surface area contributed by atoms with Crippen LogP contribution in [0.1, 0.15) is 29.0 Å². The van der Waals surface area contributed by atoms with Crippen molar-refractivity contribution in [1.82, 2.24) is 5.32 Å². The summed E-state index contributed by atoms with van der Waals surface area (Å²) in [5, 5.41) is 2.70. The minimum Gasteiger partial charge on any atom is -0.449 e. The molecule has 0 heterocycles.